The number of thioether (sulfide) groups is 1. The van der Waals surface area contributed by atoms with Crippen LogP contribution in [-0.4, -0.2) is 10.7 Å². The van der Waals surface area contributed by atoms with Gasteiger partial charge in [-0.05, 0) is 24.1 Å². The van der Waals surface area contributed by atoms with E-state index in [0.29, 0.717) is 5.82 Å². The van der Waals surface area contributed by atoms with E-state index in [0.717, 1.165) is 17.2 Å². The molecule has 3 heteroatoms. The summed E-state index contributed by atoms with van der Waals surface area (Å²) in [6, 6.07) is 15.9. The maximum atomic E-state index is 6.91. The van der Waals surface area contributed by atoms with Gasteiger partial charge in [0.25, 0.3) is 5.82 Å². The minimum Gasteiger partial charge on any atom is -0.361 e. The van der Waals surface area contributed by atoms with E-state index in [9.17, 15) is 0 Å². The highest BCUT2D eigenvalue weighted by Crippen LogP contribution is 2.19. The predicted octanol–water partition coefficient (Wildman–Crippen LogP) is 3.97. The molecule has 2 aromatic rings. The highest BCUT2D eigenvalue weighted by molar-refractivity contribution is 7.99. The van der Waals surface area contributed by atoms with Crippen molar-refractivity contribution in [1.29, 1.82) is 0 Å². The molecule has 0 fully saturated rings. The van der Waals surface area contributed by atoms with Crippen molar-refractivity contribution in [3.63, 3.8) is 0 Å². The minimum absolute atomic E-state index is 0.467. The molecule has 0 bridgehead atoms. The first-order chi connectivity index (χ1) is 8.38. The van der Waals surface area contributed by atoms with Crippen LogP contribution in [0.1, 0.15) is 5.56 Å². The molecule has 0 saturated carbocycles. The topological polar surface area (TPSA) is 17.2 Å². The average Bonchev–Trinajstić information content (AvgIpc) is 2.40. The van der Waals surface area contributed by atoms with Gasteiger partial charge in [-0.1, -0.05) is 54.7 Å². The molecule has 17 heavy (non-hydrogen) atoms. The molecule has 1 aromatic heterocycles. The standard InChI is InChI=1S/C14H12N2S/c1-15-13-8-5-9-14(16-13)17-11-10-12-6-3-2-4-7-12/h2-9H,10-11H2. The maximum Gasteiger partial charge on any atom is 0.270 e. The third-order valence-electron chi connectivity index (χ3n) is 2.31. The molecule has 0 aliphatic heterocycles. The quantitative estimate of drug-likeness (QED) is 0.594. The summed E-state index contributed by atoms with van der Waals surface area (Å²) in [4.78, 5) is 7.55. The van der Waals surface area contributed by atoms with Gasteiger partial charge in [0.2, 0.25) is 0 Å². The molecule has 84 valence electrons. The molecule has 1 heterocycles. The van der Waals surface area contributed by atoms with Gasteiger partial charge in [0.1, 0.15) is 0 Å². The van der Waals surface area contributed by atoms with Crippen LogP contribution in [0, 0.1) is 6.57 Å². The lowest BCUT2D eigenvalue weighted by atomic mass is 10.2. The molecule has 2 rings (SSSR count). The van der Waals surface area contributed by atoms with Crippen LogP contribution < -0.4 is 0 Å². The Morgan fingerprint density at radius 1 is 1.06 bits per heavy atom. The smallest absolute Gasteiger partial charge is 0.270 e. The van der Waals surface area contributed by atoms with Gasteiger partial charge in [0, 0.05) is 5.75 Å². The number of hydrogen-bond acceptors (Lipinski definition) is 2. The first-order valence-corrected chi connectivity index (χ1v) is 6.38. The van der Waals surface area contributed by atoms with Gasteiger partial charge in [0.05, 0.1) is 0 Å². The summed E-state index contributed by atoms with van der Waals surface area (Å²) in [6.07, 6.45) is 1.02. The minimum atomic E-state index is 0.467. The molecule has 0 spiro atoms. The second-order valence-electron chi connectivity index (χ2n) is 3.53. The molecule has 0 amide bonds. The highest BCUT2D eigenvalue weighted by Gasteiger charge is 2.01. The van der Waals surface area contributed by atoms with Crippen LogP contribution >= 0.6 is 11.8 Å². The van der Waals surface area contributed by atoms with E-state index in [1.165, 1.54) is 5.56 Å². The van der Waals surface area contributed by atoms with Crippen LogP contribution in [-0.2, 0) is 6.42 Å². The fourth-order valence-corrected chi connectivity index (χ4v) is 2.34. The summed E-state index contributed by atoms with van der Waals surface area (Å²) in [5.41, 5.74) is 1.33. The number of rotatable bonds is 4. The van der Waals surface area contributed by atoms with Crippen LogP contribution in [0.5, 0.6) is 0 Å². The molecule has 0 N–H and O–H groups in total. The van der Waals surface area contributed by atoms with Gasteiger partial charge in [-0.3, -0.25) is 0 Å². The summed E-state index contributed by atoms with van der Waals surface area (Å²) < 4.78 is 0. The summed E-state index contributed by atoms with van der Waals surface area (Å²) >= 11 is 1.69. The second kappa shape index (κ2) is 6.07. The highest BCUT2D eigenvalue weighted by atomic mass is 32.2. The molecule has 0 aliphatic carbocycles. The second-order valence-corrected chi connectivity index (χ2v) is 4.65. The van der Waals surface area contributed by atoms with Crippen molar-refractivity contribution >= 4 is 17.6 Å². The van der Waals surface area contributed by atoms with E-state index < -0.39 is 0 Å². The Morgan fingerprint density at radius 3 is 2.65 bits per heavy atom. The summed E-state index contributed by atoms with van der Waals surface area (Å²) in [5, 5.41) is 0.925. The summed E-state index contributed by atoms with van der Waals surface area (Å²) in [6.45, 7) is 6.91. The zero-order valence-electron chi connectivity index (χ0n) is 9.34. The molecule has 1 aromatic carbocycles. The molecule has 0 aliphatic rings. The fraction of sp³-hybridized carbons (Fsp3) is 0.143. The van der Waals surface area contributed by atoms with E-state index in [1.54, 1.807) is 17.8 Å². The Hall–Kier alpha value is -1.79. The normalized spacial score (nSPS) is 9.82. The zero-order chi connectivity index (χ0) is 11.9. The Morgan fingerprint density at radius 2 is 1.88 bits per heavy atom. The van der Waals surface area contributed by atoms with Crippen molar-refractivity contribution in [3.05, 3.63) is 65.5 Å². The van der Waals surface area contributed by atoms with Crippen molar-refractivity contribution in [1.82, 2.24) is 4.98 Å². The van der Waals surface area contributed by atoms with Crippen LogP contribution in [0.2, 0.25) is 0 Å². The van der Waals surface area contributed by atoms with Crippen LogP contribution in [0.25, 0.3) is 4.85 Å². The number of aryl methyl sites for hydroxylation is 1. The molecular formula is C14H12N2S. The van der Waals surface area contributed by atoms with Crippen LogP contribution in [0.15, 0.2) is 53.6 Å². The van der Waals surface area contributed by atoms with Crippen molar-refractivity contribution in [2.75, 3.05) is 5.75 Å². The number of nitrogens with zero attached hydrogens (tertiary/aromatic N) is 2. The third-order valence-corrected chi connectivity index (χ3v) is 3.24. The van der Waals surface area contributed by atoms with Gasteiger partial charge < -0.3 is 4.85 Å². The largest absolute Gasteiger partial charge is 0.361 e. The SMILES string of the molecule is [C-]#[N+]c1cccc(SCCc2ccccc2)n1. The predicted molar refractivity (Wildman–Crippen MR) is 71.4 cm³/mol. The van der Waals surface area contributed by atoms with Crippen LogP contribution in [0.3, 0.4) is 0 Å². The first-order valence-electron chi connectivity index (χ1n) is 5.40. The van der Waals surface area contributed by atoms with Crippen molar-refractivity contribution in [2.45, 2.75) is 11.4 Å². The maximum absolute atomic E-state index is 6.91. The van der Waals surface area contributed by atoms with E-state index in [1.807, 2.05) is 18.2 Å². The van der Waals surface area contributed by atoms with Crippen molar-refractivity contribution in [3.8, 4) is 0 Å². The van der Waals surface area contributed by atoms with Crippen molar-refractivity contribution in [2.24, 2.45) is 0 Å². The molecule has 0 unspecified atom stereocenters. The fourth-order valence-electron chi connectivity index (χ4n) is 1.46. The molecule has 2 nitrogen and oxygen atoms in total. The lowest BCUT2D eigenvalue weighted by molar-refractivity contribution is 1.12. The molecular weight excluding hydrogens is 228 g/mol. The third kappa shape index (κ3) is 3.61. The van der Waals surface area contributed by atoms with Gasteiger partial charge >= 0.3 is 0 Å². The zero-order valence-corrected chi connectivity index (χ0v) is 10.2. The summed E-state index contributed by atoms with van der Waals surface area (Å²) in [7, 11) is 0. The van der Waals surface area contributed by atoms with Gasteiger partial charge in [-0.25, -0.2) is 0 Å². The van der Waals surface area contributed by atoms with Gasteiger partial charge in [0.15, 0.2) is 5.03 Å². The number of benzene rings is 1. The van der Waals surface area contributed by atoms with Crippen molar-refractivity contribution < 1.29 is 0 Å². The Kier molecular flexibility index (Phi) is 4.17. The molecule has 0 radical (unpaired) electrons. The molecule has 0 atom stereocenters. The van der Waals surface area contributed by atoms with Gasteiger partial charge in [-0.2, -0.15) is 0 Å². The van der Waals surface area contributed by atoms with Gasteiger partial charge in [-0.15, -0.1) is 4.98 Å². The number of hydrogen-bond donors (Lipinski definition) is 0. The van der Waals surface area contributed by atoms with E-state index in [2.05, 4.69) is 34.1 Å². The average molecular weight is 240 g/mol. The first kappa shape index (κ1) is 11.7. The number of pyridine rings is 1. The Labute approximate surface area is 106 Å². The number of aromatic nitrogens is 1. The van der Waals surface area contributed by atoms with Crippen LogP contribution in [0.4, 0.5) is 5.82 Å². The Bertz CT molecular complexity index is 517. The van der Waals surface area contributed by atoms with E-state index in [-0.39, 0.29) is 0 Å². The summed E-state index contributed by atoms with van der Waals surface area (Å²) in [5.74, 6) is 1.45. The monoisotopic (exact) mass is 240 g/mol. The Balaban J connectivity index is 1.88. The molecule has 0 saturated heterocycles. The van der Waals surface area contributed by atoms with E-state index >= 15 is 0 Å². The lowest BCUT2D eigenvalue weighted by Crippen LogP contribution is -1.88. The lowest BCUT2D eigenvalue weighted by Gasteiger charge is -1.99. The van der Waals surface area contributed by atoms with E-state index in [4.69, 9.17) is 6.57 Å².